The summed E-state index contributed by atoms with van der Waals surface area (Å²) in [5, 5.41) is 2.96. The minimum Gasteiger partial charge on any atom is -0.378 e. The van der Waals surface area contributed by atoms with Gasteiger partial charge in [-0.25, -0.2) is 4.79 Å². The lowest BCUT2D eigenvalue weighted by Crippen LogP contribution is -2.54. The quantitative estimate of drug-likeness (QED) is 0.910. The molecule has 2 saturated heterocycles. The van der Waals surface area contributed by atoms with Crippen LogP contribution in [0.4, 0.5) is 4.79 Å². The molecule has 2 aliphatic rings. The minimum absolute atomic E-state index is 0.00499. The molecular weight excluding hydrogens is 318 g/mol. The molecule has 1 aromatic rings. The van der Waals surface area contributed by atoms with Crippen LogP contribution in [0.1, 0.15) is 37.8 Å². The van der Waals surface area contributed by atoms with Crippen molar-refractivity contribution in [2.45, 2.75) is 38.3 Å². The average molecular weight is 345 g/mol. The predicted molar refractivity (Wildman–Crippen MR) is 95.1 cm³/mol. The molecule has 1 N–H and O–H groups in total. The van der Waals surface area contributed by atoms with E-state index in [0.717, 1.165) is 24.9 Å². The number of urea groups is 1. The molecule has 6 heteroatoms. The van der Waals surface area contributed by atoms with E-state index in [2.05, 4.69) is 17.4 Å². The topological polar surface area (TPSA) is 61.9 Å². The molecule has 2 fully saturated rings. The number of amides is 3. The molecule has 0 spiro atoms. The number of morpholine rings is 1. The van der Waals surface area contributed by atoms with Crippen LogP contribution >= 0.6 is 0 Å². The number of rotatable bonds is 4. The molecule has 25 heavy (non-hydrogen) atoms. The molecule has 0 radical (unpaired) electrons. The lowest BCUT2D eigenvalue weighted by atomic mass is 10.1. The second kappa shape index (κ2) is 8.34. The largest absolute Gasteiger partial charge is 0.378 e. The second-order valence-electron chi connectivity index (χ2n) is 6.61. The van der Waals surface area contributed by atoms with Gasteiger partial charge in [0.2, 0.25) is 5.91 Å². The SMILES string of the molecule is CC[C@@H](NC(=O)N1CCC[C@@H]1c1ccccc1)C(=O)N1CCOCC1. The molecule has 136 valence electrons. The third-order valence-corrected chi connectivity index (χ3v) is 5.02. The van der Waals surface area contributed by atoms with E-state index in [9.17, 15) is 9.59 Å². The van der Waals surface area contributed by atoms with Crippen LogP contribution in [0.25, 0.3) is 0 Å². The fourth-order valence-electron chi connectivity index (χ4n) is 3.61. The second-order valence-corrected chi connectivity index (χ2v) is 6.61. The maximum absolute atomic E-state index is 12.8. The molecule has 6 nitrogen and oxygen atoms in total. The monoisotopic (exact) mass is 345 g/mol. The summed E-state index contributed by atoms with van der Waals surface area (Å²) >= 11 is 0. The van der Waals surface area contributed by atoms with E-state index in [1.54, 1.807) is 4.90 Å². The number of hydrogen-bond acceptors (Lipinski definition) is 3. The van der Waals surface area contributed by atoms with Crippen LogP contribution in [0, 0.1) is 0 Å². The highest BCUT2D eigenvalue weighted by Crippen LogP contribution is 2.31. The Kier molecular flexibility index (Phi) is 5.91. The summed E-state index contributed by atoms with van der Waals surface area (Å²) in [6.07, 6.45) is 2.54. The van der Waals surface area contributed by atoms with Gasteiger partial charge in [-0.15, -0.1) is 0 Å². The molecule has 3 rings (SSSR count). The number of hydrogen-bond donors (Lipinski definition) is 1. The lowest BCUT2D eigenvalue weighted by Gasteiger charge is -2.32. The van der Waals surface area contributed by atoms with Crippen LogP contribution in [0.5, 0.6) is 0 Å². The molecule has 0 bridgehead atoms. The highest BCUT2D eigenvalue weighted by Gasteiger charge is 2.33. The van der Waals surface area contributed by atoms with Crippen LogP contribution in [0.15, 0.2) is 30.3 Å². The molecule has 0 aliphatic carbocycles. The van der Waals surface area contributed by atoms with Gasteiger partial charge < -0.3 is 19.9 Å². The summed E-state index contributed by atoms with van der Waals surface area (Å²) in [6.45, 7) is 5.00. The third-order valence-electron chi connectivity index (χ3n) is 5.02. The Balaban J connectivity index is 1.64. The van der Waals surface area contributed by atoms with Crippen LogP contribution in [0.2, 0.25) is 0 Å². The average Bonchev–Trinajstić information content (AvgIpc) is 3.17. The van der Waals surface area contributed by atoms with E-state index in [1.807, 2.05) is 30.0 Å². The Morgan fingerprint density at radius 3 is 2.60 bits per heavy atom. The van der Waals surface area contributed by atoms with Gasteiger partial charge in [-0.1, -0.05) is 37.3 Å². The van der Waals surface area contributed by atoms with E-state index in [-0.39, 0.29) is 18.0 Å². The van der Waals surface area contributed by atoms with Crippen molar-refractivity contribution in [3.63, 3.8) is 0 Å². The van der Waals surface area contributed by atoms with Gasteiger partial charge in [-0.2, -0.15) is 0 Å². The van der Waals surface area contributed by atoms with Gasteiger partial charge >= 0.3 is 6.03 Å². The van der Waals surface area contributed by atoms with Crippen LogP contribution in [0.3, 0.4) is 0 Å². The summed E-state index contributed by atoms with van der Waals surface area (Å²) < 4.78 is 5.30. The number of ether oxygens (including phenoxy) is 1. The van der Waals surface area contributed by atoms with Gasteiger partial charge in [0.1, 0.15) is 6.04 Å². The number of carbonyl (C=O) groups is 2. The van der Waals surface area contributed by atoms with Gasteiger partial charge in [0.25, 0.3) is 0 Å². The van der Waals surface area contributed by atoms with Gasteiger partial charge in [-0.3, -0.25) is 4.79 Å². The molecule has 1 aromatic carbocycles. The van der Waals surface area contributed by atoms with Crippen molar-refractivity contribution in [2.24, 2.45) is 0 Å². The van der Waals surface area contributed by atoms with Gasteiger partial charge in [0.05, 0.1) is 19.3 Å². The normalized spacial score (nSPS) is 21.9. The van der Waals surface area contributed by atoms with Crippen LogP contribution in [-0.4, -0.2) is 60.6 Å². The van der Waals surface area contributed by atoms with Crippen molar-refractivity contribution in [3.8, 4) is 0 Å². The van der Waals surface area contributed by atoms with E-state index in [0.29, 0.717) is 32.7 Å². The summed E-state index contributed by atoms with van der Waals surface area (Å²) in [7, 11) is 0. The first-order valence-corrected chi connectivity index (χ1v) is 9.19. The molecule has 0 aromatic heterocycles. The third kappa shape index (κ3) is 4.12. The zero-order valence-electron chi connectivity index (χ0n) is 14.8. The first kappa shape index (κ1) is 17.7. The van der Waals surface area contributed by atoms with Crippen LogP contribution in [-0.2, 0) is 9.53 Å². The smallest absolute Gasteiger partial charge is 0.318 e. The number of nitrogens with one attached hydrogen (secondary N) is 1. The molecule has 0 unspecified atom stereocenters. The Morgan fingerprint density at radius 2 is 1.92 bits per heavy atom. The first-order valence-electron chi connectivity index (χ1n) is 9.19. The maximum atomic E-state index is 12.8. The number of likely N-dealkylation sites (tertiary alicyclic amines) is 1. The fraction of sp³-hybridized carbons (Fsp3) is 0.579. The van der Waals surface area contributed by atoms with Crippen molar-refractivity contribution in [2.75, 3.05) is 32.8 Å². The predicted octanol–water partition coefficient (Wildman–Crippen LogP) is 2.17. The van der Waals surface area contributed by atoms with Gasteiger partial charge in [0, 0.05) is 19.6 Å². The highest BCUT2D eigenvalue weighted by atomic mass is 16.5. The summed E-state index contributed by atoms with van der Waals surface area (Å²) in [6, 6.07) is 9.59. The zero-order valence-corrected chi connectivity index (χ0v) is 14.8. The van der Waals surface area contributed by atoms with Crippen molar-refractivity contribution in [1.29, 1.82) is 0 Å². The first-order chi connectivity index (χ1) is 12.2. The van der Waals surface area contributed by atoms with Gasteiger partial charge in [0.15, 0.2) is 0 Å². The molecule has 2 atom stereocenters. The summed E-state index contributed by atoms with van der Waals surface area (Å²) in [4.78, 5) is 29.1. The number of nitrogens with zero attached hydrogens (tertiary/aromatic N) is 2. The zero-order chi connectivity index (χ0) is 17.6. The van der Waals surface area contributed by atoms with Crippen molar-refractivity contribution >= 4 is 11.9 Å². The number of carbonyl (C=O) groups excluding carboxylic acids is 2. The Hall–Kier alpha value is -2.08. The van der Waals surface area contributed by atoms with Crippen molar-refractivity contribution in [1.82, 2.24) is 15.1 Å². The standard InChI is InChI=1S/C19H27N3O3/c1-2-16(18(23)21-11-13-25-14-12-21)20-19(24)22-10-6-9-17(22)15-7-4-3-5-8-15/h3-5,7-8,16-17H,2,6,9-14H2,1H3,(H,20,24)/t16-,17-/m1/s1. The molecule has 0 saturated carbocycles. The highest BCUT2D eigenvalue weighted by molar-refractivity contribution is 5.87. The Morgan fingerprint density at radius 1 is 1.20 bits per heavy atom. The van der Waals surface area contributed by atoms with E-state index < -0.39 is 6.04 Å². The Labute approximate surface area is 149 Å². The molecule has 2 heterocycles. The minimum atomic E-state index is -0.470. The summed E-state index contributed by atoms with van der Waals surface area (Å²) in [5.41, 5.74) is 1.16. The van der Waals surface area contributed by atoms with Crippen molar-refractivity contribution < 1.29 is 14.3 Å². The molecule has 2 aliphatic heterocycles. The van der Waals surface area contributed by atoms with Crippen LogP contribution < -0.4 is 5.32 Å². The fourth-order valence-corrected chi connectivity index (χ4v) is 3.61. The Bertz CT molecular complexity index is 587. The molecular formula is C19H27N3O3. The van der Waals surface area contributed by atoms with E-state index in [4.69, 9.17) is 4.74 Å². The maximum Gasteiger partial charge on any atom is 0.318 e. The lowest BCUT2D eigenvalue weighted by molar-refractivity contribution is -0.137. The van der Waals surface area contributed by atoms with Gasteiger partial charge in [-0.05, 0) is 24.8 Å². The molecule has 3 amide bonds. The van der Waals surface area contributed by atoms with E-state index in [1.165, 1.54) is 0 Å². The van der Waals surface area contributed by atoms with E-state index >= 15 is 0 Å². The summed E-state index contributed by atoms with van der Waals surface area (Å²) in [5.74, 6) is -0.00499. The number of benzene rings is 1. The van der Waals surface area contributed by atoms with Crippen molar-refractivity contribution in [3.05, 3.63) is 35.9 Å².